The van der Waals surface area contributed by atoms with Gasteiger partial charge < -0.3 is 29.1 Å². The van der Waals surface area contributed by atoms with Crippen molar-refractivity contribution in [3.8, 4) is 5.75 Å². The van der Waals surface area contributed by atoms with E-state index >= 15 is 0 Å². The number of rotatable bonds is 1. The molecule has 0 spiro atoms. The Kier molecular flexibility index (Phi) is 3.99. The predicted octanol–water partition coefficient (Wildman–Crippen LogP) is -1.41. The van der Waals surface area contributed by atoms with Crippen LogP contribution in [0.5, 0.6) is 5.75 Å². The molecular weight excluding hydrogens is 265 g/mol. The van der Waals surface area contributed by atoms with E-state index in [0.29, 0.717) is 5.75 Å². The Morgan fingerprint density at radius 2 is 1.42 bits per heavy atom. The summed E-state index contributed by atoms with van der Waals surface area (Å²) in [4.78, 5) is 0. The van der Waals surface area contributed by atoms with Gasteiger partial charge in [0.25, 0.3) is 0 Å². The van der Waals surface area contributed by atoms with Gasteiger partial charge >= 0.3 is 0 Å². The molecule has 0 radical (unpaired) electrons. The average molecular weight is 279 g/mol. The minimum Gasteiger partial charge on any atom is -1.00 e. The van der Waals surface area contributed by atoms with E-state index in [-0.39, 0.29) is 24.0 Å². The number of hydrogen-bond acceptors (Lipinski definition) is 1. The summed E-state index contributed by atoms with van der Waals surface area (Å²) in [5.41, 5.74) is 1.18. The lowest BCUT2D eigenvalue weighted by atomic mass is 10.2. The van der Waals surface area contributed by atoms with Crippen LogP contribution in [0.2, 0.25) is 0 Å². The molecule has 0 amide bonds. The van der Waals surface area contributed by atoms with Gasteiger partial charge in [0.2, 0.25) is 0 Å². The van der Waals surface area contributed by atoms with Gasteiger partial charge in [-0.3, -0.25) is 4.48 Å². The molecule has 0 aliphatic heterocycles. The second-order valence-corrected chi connectivity index (χ2v) is 3.53. The topological polar surface area (TPSA) is 20.2 Å². The Labute approximate surface area is 90.4 Å². The number of hydrogen-bond donors (Lipinski definition) is 1. The Hall–Kier alpha value is -0.290. The van der Waals surface area contributed by atoms with Gasteiger partial charge in [-0.15, -0.1) is 0 Å². The van der Waals surface area contributed by atoms with Crippen molar-refractivity contribution in [3.63, 3.8) is 0 Å². The lowest BCUT2D eigenvalue weighted by Gasteiger charge is -2.22. The second-order valence-electron chi connectivity index (χ2n) is 3.53. The first-order valence-corrected chi connectivity index (χ1v) is 3.61. The highest BCUT2D eigenvalue weighted by molar-refractivity contribution is 5.44. The molecule has 0 atom stereocenters. The van der Waals surface area contributed by atoms with E-state index in [4.69, 9.17) is 5.11 Å². The van der Waals surface area contributed by atoms with Crippen LogP contribution in [0.3, 0.4) is 0 Å². The second kappa shape index (κ2) is 4.09. The van der Waals surface area contributed by atoms with E-state index in [1.165, 1.54) is 5.69 Å². The largest absolute Gasteiger partial charge is 1.00 e. The maximum absolute atomic E-state index is 9.02. The zero-order valence-electron chi connectivity index (χ0n) is 7.58. The van der Waals surface area contributed by atoms with Crippen LogP contribution in [-0.4, -0.2) is 26.2 Å². The fourth-order valence-corrected chi connectivity index (χ4v) is 0.900. The van der Waals surface area contributed by atoms with Gasteiger partial charge in [-0.25, -0.2) is 0 Å². The monoisotopic (exact) mass is 279 g/mol. The third kappa shape index (κ3) is 2.98. The van der Waals surface area contributed by atoms with Gasteiger partial charge in [0, 0.05) is 12.1 Å². The lowest BCUT2D eigenvalue weighted by molar-refractivity contribution is -0.00000362. The Morgan fingerprint density at radius 3 is 1.75 bits per heavy atom. The minimum absolute atomic E-state index is 0. The highest BCUT2D eigenvalue weighted by atomic mass is 127. The molecule has 0 heterocycles. The summed E-state index contributed by atoms with van der Waals surface area (Å²) < 4.78 is 0.778. The first kappa shape index (κ1) is 11.7. The fraction of sp³-hybridized carbons (Fsp3) is 0.333. The summed E-state index contributed by atoms with van der Waals surface area (Å²) >= 11 is 0. The van der Waals surface area contributed by atoms with Gasteiger partial charge in [-0.2, -0.15) is 0 Å². The SMILES string of the molecule is C[N+](C)(C)c1ccc(O)cc1.[I-]. The normalized spacial score (nSPS) is 10.6. The van der Waals surface area contributed by atoms with Gasteiger partial charge in [-0.05, 0) is 12.1 Å². The number of aromatic hydroxyl groups is 1. The number of halogens is 1. The zero-order chi connectivity index (χ0) is 8.48. The number of quaternary nitrogens is 1. The summed E-state index contributed by atoms with van der Waals surface area (Å²) in [6.45, 7) is 0. The van der Waals surface area contributed by atoms with Gasteiger partial charge in [0.05, 0.1) is 21.1 Å². The summed E-state index contributed by atoms with van der Waals surface area (Å²) in [5, 5.41) is 9.02. The molecule has 68 valence electrons. The molecule has 12 heavy (non-hydrogen) atoms. The molecule has 0 bridgehead atoms. The van der Waals surface area contributed by atoms with Crippen LogP contribution in [-0.2, 0) is 0 Å². The van der Waals surface area contributed by atoms with Crippen molar-refractivity contribution in [3.05, 3.63) is 24.3 Å². The van der Waals surface area contributed by atoms with E-state index in [0.717, 1.165) is 4.48 Å². The van der Waals surface area contributed by atoms with Crippen LogP contribution < -0.4 is 28.5 Å². The average Bonchev–Trinajstić information content (AvgIpc) is 1.86. The molecule has 1 N–H and O–H groups in total. The molecule has 1 aromatic carbocycles. The maximum Gasteiger partial charge on any atom is 0.132 e. The standard InChI is InChI=1S/C9H13NO.HI/c1-10(2,3)8-4-6-9(11)7-5-8;/h4-7H,1-3H3;1H. The van der Waals surface area contributed by atoms with E-state index in [2.05, 4.69) is 21.1 Å². The van der Waals surface area contributed by atoms with E-state index in [1.54, 1.807) is 12.1 Å². The van der Waals surface area contributed by atoms with Gasteiger partial charge in [0.15, 0.2) is 0 Å². The summed E-state index contributed by atoms with van der Waals surface area (Å²) in [6.07, 6.45) is 0. The Bertz CT molecular complexity index is 238. The molecular formula is C9H14INO. The molecule has 0 saturated heterocycles. The molecule has 0 saturated carbocycles. The van der Waals surface area contributed by atoms with E-state index in [1.807, 2.05) is 12.1 Å². The van der Waals surface area contributed by atoms with Crippen LogP contribution in [0.4, 0.5) is 5.69 Å². The first-order chi connectivity index (χ1) is 5.00. The quantitative estimate of drug-likeness (QED) is 0.495. The summed E-state index contributed by atoms with van der Waals surface area (Å²) in [7, 11) is 6.27. The molecule has 0 aromatic heterocycles. The molecule has 2 nitrogen and oxygen atoms in total. The molecule has 0 fully saturated rings. The molecule has 1 rings (SSSR count). The third-order valence-electron chi connectivity index (χ3n) is 1.62. The van der Waals surface area contributed by atoms with Crippen molar-refractivity contribution < 1.29 is 29.1 Å². The van der Waals surface area contributed by atoms with Crippen LogP contribution in [0.15, 0.2) is 24.3 Å². The first-order valence-electron chi connectivity index (χ1n) is 3.61. The van der Waals surface area contributed by atoms with Gasteiger partial charge in [-0.1, -0.05) is 0 Å². The Morgan fingerprint density at radius 1 is 1.00 bits per heavy atom. The van der Waals surface area contributed by atoms with Crippen molar-refractivity contribution in [1.82, 2.24) is 4.48 Å². The van der Waals surface area contributed by atoms with Crippen molar-refractivity contribution in [2.75, 3.05) is 21.1 Å². The molecule has 1 aromatic rings. The van der Waals surface area contributed by atoms with Gasteiger partial charge in [0.1, 0.15) is 11.4 Å². The van der Waals surface area contributed by atoms with E-state index < -0.39 is 0 Å². The highest BCUT2D eigenvalue weighted by Gasteiger charge is 2.10. The third-order valence-corrected chi connectivity index (χ3v) is 1.62. The lowest BCUT2D eigenvalue weighted by Crippen LogP contribution is -3.00. The van der Waals surface area contributed by atoms with Crippen LogP contribution in [0, 0.1) is 0 Å². The van der Waals surface area contributed by atoms with Crippen molar-refractivity contribution in [1.29, 1.82) is 0 Å². The number of phenolic OH excluding ortho intramolecular Hbond substituents is 1. The fourth-order valence-electron chi connectivity index (χ4n) is 0.900. The van der Waals surface area contributed by atoms with Crippen molar-refractivity contribution in [2.45, 2.75) is 0 Å². The maximum atomic E-state index is 9.02. The van der Waals surface area contributed by atoms with Crippen molar-refractivity contribution in [2.24, 2.45) is 0 Å². The van der Waals surface area contributed by atoms with Crippen LogP contribution in [0.25, 0.3) is 0 Å². The highest BCUT2D eigenvalue weighted by Crippen LogP contribution is 2.19. The Balaban J connectivity index is 0.00000121. The molecule has 0 unspecified atom stereocenters. The van der Waals surface area contributed by atoms with E-state index in [9.17, 15) is 0 Å². The number of phenols is 1. The van der Waals surface area contributed by atoms with Crippen LogP contribution in [0.1, 0.15) is 0 Å². The summed E-state index contributed by atoms with van der Waals surface area (Å²) in [5.74, 6) is 0.321. The zero-order valence-corrected chi connectivity index (χ0v) is 9.74. The summed E-state index contributed by atoms with van der Waals surface area (Å²) in [6, 6.07) is 7.27. The number of benzene rings is 1. The predicted molar refractivity (Wildman–Crippen MR) is 47.7 cm³/mol. The van der Waals surface area contributed by atoms with Crippen LogP contribution >= 0.6 is 0 Å². The number of nitrogens with zero attached hydrogens (tertiary/aromatic N) is 1. The van der Waals surface area contributed by atoms with Crippen molar-refractivity contribution >= 4 is 5.69 Å². The molecule has 3 heteroatoms. The molecule has 0 aliphatic carbocycles. The molecule has 0 aliphatic rings. The smallest absolute Gasteiger partial charge is 0.132 e. The minimum atomic E-state index is 0.